The number of Topliss-reactive ketones (excluding diaryl/α,β-unsaturated/α-hetero) is 1. The molecule has 0 spiro atoms. The Balaban J connectivity index is 4.39. The van der Waals surface area contributed by atoms with Gasteiger partial charge < -0.3 is 20.0 Å². The van der Waals surface area contributed by atoms with E-state index < -0.39 is 44.2 Å². The van der Waals surface area contributed by atoms with E-state index in [-0.39, 0.29) is 0 Å². The van der Waals surface area contributed by atoms with Gasteiger partial charge in [0.05, 0.1) is 18.3 Å². The molecule has 0 aliphatic carbocycles. The van der Waals surface area contributed by atoms with Crippen LogP contribution in [0.5, 0.6) is 0 Å². The molecule has 0 amide bonds. The van der Waals surface area contributed by atoms with Gasteiger partial charge in [-0.1, -0.05) is 12.0 Å². The first-order chi connectivity index (χ1) is 7.69. The minimum atomic E-state index is -4.32. The van der Waals surface area contributed by atoms with Gasteiger partial charge in [-0.3, -0.25) is 9.36 Å². The van der Waals surface area contributed by atoms with Crippen molar-refractivity contribution < 1.29 is 29.4 Å². The summed E-state index contributed by atoms with van der Waals surface area (Å²) in [5.74, 6) is -0.916. The van der Waals surface area contributed by atoms with Crippen LogP contribution in [-0.2, 0) is 9.36 Å². The summed E-state index contributed by atoms with van der Waals surface area (Å²) in [6.07, 6.45) is -4.70. The Labute approximate surface area is 96.9 Å². The number of aliphatic hydroxyl groups is 2. The largest absolute Gasteiger partial charge is 0.390 e. The average Bonchev–Trinajstić information content (AvgIpc) is 2.23. The molecular formula is C7H14N3O6P. The molecule has 0 radical (unpaired) electrons. The predicted molar refractivity (Wildman–Crippen MR) is 57.2 cm³/mol. The molecule has 0 saturated heterocycles. The summed E-state index contributed by atoms with van der Waals surface area (Å²) in [4.78, 5) is 30.7. The zero-order valence-electron chi connectivity index (χ0n) is 9.04. The highest BCUT2D eigenvalue weighted by Gasteiger charge is 2.29. The molecule has 0 aromatic carbocycles. The molecular weight excluding hydrogens is 253 g/mol. The van der Waals surface area contributed by atoms with Crippen LogP contribution in [-0.4, -0.2) is 50.2 Å². The quantitative estimate of drug-likeness (QED) is 0.211. The van der Waals surface area contributed by atoms with Crippen molar-refractivity contribution in [2.24, 2.45) is 5.11 Å². The van der Waals surface area contributed by atoms with Gasteiger partial charge in [0, 0.05) is 11.3 Å². The maximum absolute atomic E-state index is 11.3. The van der Waals surface area contributed by atoms with E-state index in [0.717, 1.165) is 0 Å². The highest BCUT2D eigenvalue weighted by molar-refractivity contribution is 7.51. The SMILES string of the molecule is C[C@H](N=[N+]=[N-])[C@@H](O)[C@H](O)C(=O)CCP(=O)(O)O. The van der Waals surface area contributed by atoms with Crippen LogP contribution in [0.1, 0.15) is 13.3 Å². The Morgan fingerprint density at radius 1 is 1.47 bits per heavy atom. The molecule has 17 heavy (non-hydrogen) atoms. The lowest BCUT2D eigenvalue weighted by Gasteiger charge is -2.19. The molecule has 10 heteroatoms. The van der Waals surface area contributed by atoms with Gasteiger partial charge in [0.25, 0.3) is 0 Å². The third-order valence-electron chi connectivity index (χ3n) is 2.03. The van der Waals surface area contributed by atoms with Gasteiger partial charge >= 0.3 is 7.60 Å². The van der Waals surface area contributed by atoms with Gasteiger partial charge in [-0.2, -0.15) is 0 Å². The van der Waals surface area contributed by atoms with E-state index in [1.54, 1.807) is 0 Å². The summed E-state index contributed by atoms with van der Waals surface area (Å²) >= 11 is 0. The van der Waals surface area contributed by atoms with Crippen LogP contribution < -0.4 is 0 Å². The minimum absolute atomic E-state index is 0.564. The Bertz CT molecular complexity index is 363. The minimum Gasteiger partial charge on any atom is -0.390 e. The van der Waals surface area contributed by atoms with Crippen molar-refractivity contribution in [1.82, 2.24) is 0 Å². The van der Waals surface area contributed by atoms with E-state index in [1.165, 1.54) is 6.92 Å². The van der Waals surface area contributed by atoms with E-state index in [1.807, 2.05) is 0 Å². The van der Waals surface area contributed by atoms with Crippen LogP contribution in [0.15, 0.2) is 5.11 Å². The molecule has 0 fully saturated rings. The van der Waals surface area contributed by atoms with Crippen molar-refractivity contribution in [2.45, 2.75) is 31.6 Å². The number of aliphatic hydroxyl groups excluding tert-OH is 2. The number of carbonyl (C=O) groups excluding carboxylic acids is 1. The number of carbonyl (C=O) groups is 1. The molecule has 0 heterocycles. The first-order valence-corrected chi connectivity index (χ1v) is 6.46. The highest BCUT2D eigenvalue weighted by Crippen LogP contribution is 2.35. The first-order valence-electron chi connectivity index (χ1n) is 4.66. The second-order valence-electron chi connectivity index (χ2n) is 3.49. The molecule has 0 rings (SSSR count). The van der Waals surface area contributed by atoms with Crippen LogP contribution in [0.3, 0.4) is 0 Å². The number of nitrogens with zero attached hydrogens (tertiary/aromatic N) is 3. The van der Waals surface area contributed by atoms with Crippen LogP contribution in [0, 0.1) is 0 Å². The van der Waals surface area contributed by atoms with Crippen LogP contribution >= 0.6 is 7.60 Å². The highest BCUT2D eigenvalue weighted by atomic mass is 31.2. The smallest absolute Gasteiger partial charge is 0.326 e. The van der Waals surface area contributed by atoms with Crippen molar-refractivity contribution >= 4 is 13.4 Å². The molecule has 98 valence electrons. The van der Waals surface area contributed by atoms with Gasteiger partial charge in [0.15, 0.2) is 5.78 Å². The third-order valence-corrected chi connectivity index (χ3v) is 2.84. The Morgan fingerprint density at radius 3 is 2.41 bits per heavy atom. The van der Waals surface area contributed by atoms with Crippen LogP contribution in [0.4, 0.5) is 0 Å². The van der Waals surface area contributed by atoms with E-state index in [0.29, 0.717) is 0 Å². The number of rotatable bonds is 7. The van der Waals surface area contributed by atoms with Gasteiger partial charge in [-0.15, -0.1) is 0 Å². The molecule has 0 unspecified atom stereocenters. The van der Waals surface area contributed by atoms with Gasteiger partial charge in [-0.05, 0) is 5.53 Å². The Kier molecular flexibility index (Phi) is 6.33. The van der Waals surface area contributed by atoms with Crippen molar-refractivity contribution in [3.63, 3.8) is 0 Å². The zero-order valence-corrected chi connectivity index (χ0v) is 9.93. The summed E-state index contributed by atoms with van der Waals surface area (Å²) in [5, 5.41) is 21.8. The number of hydrogen-bond donors (Lipinski definition) is 4. The van der Waals surface area contributed by atoms with E-state index in [2.05, 4.69) is 10.0 Å². The molecule has 0 aliphatic rings. The van der Waals surface area contributed by atoms with Gasteiger partial charge in [0.2, 0.25) is 0 Å². The fraction of sp³-hybridized carbons (Fsp3) is 0.857. The standard InChI is InChI=1S/C7H14N3O6P/c1-4(9-10-8)6(12)7(13)5(11)2-3-17(14,15)16/h4,6-7,12-13H,2-3H2,1H3,(H2,14,15,16)/t4-,6+,7+/m0/s1. The second kappa shape index (κ2) is 6.70. The van der Waals surface area contributed by atoms with Gasteiger partial charge in [-0.25, -0.2) is 0 Å². The van der Waals surface area contributed by atoms with Crippen molar-refractivity contribution in [2.75, 3.05) is 6.16 Å². The molecule has 0 bridgehead atoms. The molecule has 4 N–H and O–H groups in total. The monoisotopic (exact) mass is 267 g/mol. The fourth-order valence-corrected chi connectivity index (χ4v) is 1.52. The predicted octanol–water partition coefficient (Wildman–Crippen LogP) is -0.456. The normalized spacial score (nSPS) is 16.8. The topological polar surface area (TPSA) is 164 Å². The van der Waals surface area contributed by atoms with E-state index in [9.17, 15) is 19.6 Å². The summed E-state index contributed by atoms with van der Waals surface area (Å²) in [5.41, 5.74) is 8.09. The van der Waals surface area contributed by atoms with E-state index in [4.69, 9.17) is 15.3 Å². The van der Waals surface area contributed by atoms with Crippen molar-refractivity contribution in [3.05, 3.63) is 10.4 Å². The molecule has 3 atom stereocenters. The van der Waals surface area contributed by atoms with Crippen LogP contribution in [0.25, 0.3) is 10.4 Å². The van der Waals surface area contributed by atoms with E-state index >= 15 is 0 Å². The molecule has 0 aliphatic heterocycles. The molecule has 9 nitrogen and oxygen atoms in total. The van der Waals surface area contributed by atoms with Gasteiger partial charge in [0.1, 0.15) is 6.10 Å². The average molecular weight is 267 g/mol. The fourth-order valence-electron chi connectivity index (χ4n) is 1.01. The van der Waals surface area contributed by atoms with Crippen molar-refractivity contribution in [3.8, 4) is 0 Å². The lowest BCUT2D eigenvalue weighted by Crippen LogP contribution is -2.40. The van der Waals surface area contributed by atoms with Crippen molar-refractivity contribution in [1.29, 1.82) is 0 Å². The first kappa shape index (κ1) is 16.1. The maximum atomic E-state index is 11.3. The summed E-state index contributed by atoms with van der Waals surface area (Å²) < 4.78 is 10.5. The molecule has 0 aromatic rings. The summed E-state index contributed by atoms with van der Waals surface area (Å²) in [7, 11) is -4.32. The Morgan fingerprint density at radius 2 is 2.00 bits per heavy atom. The summed E-state index contributed by atoms with van der Waals surface area (Å²) in [6.45, 7) is 1.30. The lowest BCUT2D eigenvalue weighted by atomic mass is 10.0. The third kappa shape index (κ3) is 6.38. The lowest BCUT2D eigenvalue weighted by molar-refractivity contribution is -0.133. The number of hydrogen-bond acceptors (Lipinski definition) is 5. The zero-order chi connectivity index (χ0) is 13.6. The number of azide groups is 1. The number of ketones is 1. The molecule has 0 saturated carbocycles. The molecule has 0 aromatic heterocycles. The Hall–Kier alpha value is -0.950. The summed E-state index contributed by atoms with van der Waals surface area (Å²) in [6, 6.07) is -1.02. The maximum Gasteiger partial charge on any atom is 0.326 e. The van der Waals surface area contributed by atoms with Crippen LogP contribution in [0.2, 0.25) is 0 Å². The second-order valence-corrected chi connectivity index (χ2v) is 5.26.